The maximum absolute atomic E-state index is 11.3. The average molecular weight is 201 g/mol. The summed E-state index contributed by atoms with van der Waals surface area (Å²) in [4.78, 5) is 26.4. The fraction of sp³-hybridized carbons (Fsp3) is 0.571. The molecule has 1 aliphatic rings. The zero-order chi connectivity index (χ0) is 10.7. The van der Waals surface area contributed by atoms with E-state index in [9.17, 15) is 9.59 Å². The number of carboxylic acids is 1. The average Bonchev–Trinajstić information content (AvgIpc) is 2.50. The second-order valence-electron chi connectivity index (χ2n) is 3.01. The molecular formula is C7H11N3O4. The Hall–Kier alpha value is -1.63. The van der Waals surface area contributed by atoms with E-state index in [-0.39, 0.29) is 12.1 Å². The van der Waals surface area contributed by atoms with Gasteiger partial charge in [-0.05, 0) is 0 Å². The highest BCUT2D eigenvalue weighted by Crippen LogP contribution is 2.10. The van der Waals surface area contributed by atoms with E-state index in [1.165, 1.54) is 5.01 Å². The molecule has 0 aromatic rings. The third-order valence-electron chi connectivity index (χ3n) is 1.54. The number of rotatable bonds is 3. The van der Waals surface area contributed by atoms with Crippen molar-refractivity contribution in [1.29, 1.82) is 0 Å². The van der Waals surface area contributed by atoms with Crippen LogP contribution in [0.5, 0.6) is 0 Å². The fourth-order valence-corrected chi connectivity index (χ4v) is 0.937. The first-order chi connectivity index (χ1) is 6.50. The molecule has 1 heterocycles. The summed E-state index contributed by atoms with van der Waals surface area (Å²) in [5.74, 6) is -1.57. The molecule has 78 valence electrons. The largest absolute Gasteiger partial charge is 0.477 e. The van der Waals surface area contributed by atoms with Crippen molar-refractivity contribution < 1.29 is 19.5 Å². The molecule has 2 N–H and O–H groups in total. The van der Waals surface area contributed by atoms with Crippen LogP contribution in [0.2, 0.25) is 0 Å². The van der Waals surface area contributed by atoms with Crippen LogP contribution in [0.15, 0.2) is 5.16 Å². The van der Waals surface area contributed by atoms with Crippen LogP contribution in [-0.4, -0.2) is 47.9 Å². The van der Waals surface area contributed by atoms with E-state index in [0.717, 1.165) is 0 Å². The molecule has 0 aromatic heterocycles. The number of hydrogen-bond acceptors (Lipinski definition) is 5. The van der Waals surface area contributed by atoms with Gasteiger partial charge in [0.2, 0.25) is 6.10 Å². The topological polar surface area (TPSA) is 91.2 Å². The molecule has 0 saturated carbocycles. The first-order valence-electron chi connectivity index (χ1n) is 3.94. The predicted octanol–water partition coefficient (Wildman–Crippen LogP) is -1.19. The SMILES string of the molecule is CN(C)NC(=O)C1CC(C(=O)O)=NO1. The number of carboxylic acid groups (broad SMARTS) is 1. The van der Waals surface area contributed by atoms with E-state index in [4.69, 9.17) is 5.11 Å². The van der Waals surface area contributed by atoms with Gasteiger partial charge in [-0.1, -0.05) is 5.16 Å². The molecule has 0 radical (unpaired) electrons. The summed E-state index contributed by atoms with van der Waals surface area (Å²) in [5.41, 5.74) is 2.31. The normalized spacial score (nSPS) is 20.2. The van der Waals surface area contributed by atoms with Crippen molar-refractivity contribution in [2.45, 2.75) is 12.5 Å². The van der Waals surface area contributed by atoms with Crippen LogP contribution in [-0.2, 0) is 14.4 Å². The summed E-state index contributed by atoms with van der Waals surface area (Å²) in [6, 6.07) is 0. The Kier molecular flexibility index (Phi) is 3.03. The molecule has 14 heavy (non-hydrogen) atoms. The number of nitrogens with zero attached hydrogens (tertiary/aromatic N) is 2. The lowest BCUT2D eigenvalue weighted by atomic mass is 10.2. The maximum Gasteiger partial charge on any atom is 0.353 e. The minimum atomic E-state index is -1.16. The van der Waals surface area contributed by atoms with E-state index in [2.05, 4.69) is 15.4 Å². The molecule has 7 nitrogen and oxygen atoms in total. The van der Waals surface area contributed by atoms with E-state index >= 15 is 0 Å². The number of carbonyl (C=O) groups excluding carboxylic acids is 1. The number of amides is 1. The van der Waals surface area contributed by atoms with Gasteiger partial charge in [0.05, 0.1) is 0 Å². The van der Waals surface area contributed by atoms with Crippen LogP contribution < -0.4 is 5.43 Å². The summed E-state index contributed by atoms with van der Waals surface area (Å²) < 4.78 is 0. The quantitative estimate of drug-likeness (QED) is 0.560. The molecule has 1 amide bonds. The smallest absolute Gasteiger partial charge is 0.353 e. The molecule has 0 fully saturated rings. The van der Waals surface area contributed by atoms with Crippen LogP contribution >= 0.6 is 0 Å². The van der Waals surface area contributed by atoms with Crippen molar-refractivity contribution in [3.05, 3.63) is 0 Å². The molecule has 0 saturated heterocycles. The second-order valence-corrected chi connectivity index (χ2v) is 3.01. The van der Waals surface area contributed by atoms with Crippen molar-refractivity contribution in [2.75, 3.05) is 14.1 Å². The number of aliphatic carboxylic acids is 1. The molecule has 1 atom stereocenters. The lowest BCUT2D eigenvalue weighted by Gasteiger charge is -2.14. The number of carbonyl (C=O) groups is 2. The first-order valence-corrected chi connectivity index (χ1v) is 3.94. The summed E-state index contributed by atoms with van der Waals surface area (Å²) in [6.45, 7) is 0. The molecular weight excluding hydrogens is 190 g/mol. The Balaban J connectivity index is 2.45. The van der Waals surface area contributed by atoms with Crippen LogP contribution in [0.3, 0.4) is 0 Å². The van der Waals surface area contributed by atoms with E-state index < -0.39 is 18.0 Å². The Bertz CT molecular complexity index is 287. The van der Waals surface area contributed by atoms with Crippen molar-refractivity contribution in [2.24, 2.45) is 5.16 Å². The van der Waals surface area contributed by atoms with Crippen LogP contribution in [0.25, 0.3) is 0 Å². The summed E-state index contributed by atoms with van der Waals surface area (Å²) in [7, 11) is 3.29. The monoisotopic (exact) mass is 201 g/mol. The summed E-state index contributed by atoms with van der Waals surface area (Å²) >= 11 is 0. The number of oxime groups is 1. The Labute approximate surface area is 80.3 Å². The molecule has 1 unspecified atom stereocenters. The van der Waals surface area contributed by atoms with Gasteiger partial charge >= 0.3 is 5.97 Å². The number of nitrogens with one attached hydrogen (secondary N) is 1. The minimum Gasteiger partial charge on any atom is -0.477 e. The van der Waals surface area contributed by atoms with Gasteiger partial charge < -0.3 is 9.94 Å². The molecule has 0 aromatic carbocycles. The van der Waals surface area contributed by atoms with Gasteiger partial charge in [-0.2, -0.15) is 0 Å². The molecule has 0 spiro atoms. The lowest BCUT2D eigenvalue weighted by molar-refractivity contribution is -0.135. The van der Waals surface area contributed by atoms with Crippen LogP contribution in [0.1, 0.15) is 6.42 Å². The van der Waals surface area contributed by atoms with E-state index in [0.29, 0.717) is 0 Å². The van der Waals surface area contributed by atoms with Gasteiger partial charge in [-0.25, -0.2) is 9.80 Å². The summed E-state index contributed by atoms with van der Waals surface area (Å²) in [6.07, 6.45) is -0.849. The van der Waals surface area contributed by atoms with Gasteiger partial charge in [0.25, 0.3) is 5.91 Å². The van der Waals surface area contributed by atoms with Crippen molar-refractivity contribution in [3.63, 3.8) is 0 Å². The predicted molar refractivity (Wildman–Crippen MR) is 46.4 cm³/mol. The van der Waals surface area contributed by atoms with Crippen molar-refractivity contribution >= 4 is 17.6 Å². The Morgan fingerprint density at radius 3 is 2.71 bits per heavy atom. The highest BCUT2D eigenvalue weighted by Gasteiger charge is 2.31. The zero-order valence-corrected chi connectivity index (χ0v) is 7.85. The number of hydrogen-bond donors (Lipinski definition) is 2. The Morgan fingerprint density at radius 2 is 2.29 bits per heavy atom. The highest BCUT2D eigenvalue weighted by molar-refractivity contribution is 6.36. The van der Waals surface area contributed by atoms with E-state index in [1.54, 1.807) is 14.1 Å². The lowest BCUT2D eigenvalue weighted by Crippen LogP contribution is -2.42. The zero-order valence-electron chi connectivity index (χ0n) is 7.85. The standard InChI is InChI=1S/C7H11N3O4/c1-10(2)8-6(11)5-3-4(7(12)13)9-14-5/h5H,3H2,1-2H3,(H,8,11)(H,12,13). The van der Waals surface area contributed by atoms with Gasteiger partial charge in [0.15, 0.2) is 5.71 Å². The summed E-state index contributed by atoms with van der Waals surface area (Å²) in [5, 5.41) is 13.3. The highest BCUT2D eigenvalue weighted by atomic mass is 16.6. The third kappa shape index (κ3) is 2.43. The minimum absolute atomic E-state index is 0.00495. The molecule has 1 aliphatic heterocycles. The second kappa shape index (κ2) is 4.05. The van der Waals surface area contributed by atoms with Gasteiger partial charge in [0.1, 0.15) is 0 Å². The molecule has 7 heteroatoms. The van der Waals surface area contributed by atoms with Gasteiger partial charge in [-0.3, -0.25) is 10.2 Å². The first kappa shape index (κ1) is 10.5. The Morgan fingerprint density at radius 1 is 1.64 bits per heavy atom. The van der Waals surface area contributed by atoms with Crippen LogP contribution in [0.4, 0.5) is 0 Å². The van der Waals surface area contributed by atoms with Crippen LogP contribution in [0, 0.1) is 0 Å². The number of hydrazine groups is 1. The fourth-order valence-electron chi connectivity index (χ4n) is 0.937. The molecule has 1 rings (SSSR count). The molecule has 0 aliphatic carbocycles. The van der Waals surface area contributed by atoms with Gasteiger partial charge in [-0.15, -0.1) is 0 Å². The maximum atomic E-state index is 11.3. The van der Waals surface area contributed by atoms with E-state index in [1.807, 2.05) is 0 Å². The van der Waals surface area contributed by atoms with Crippen molar-refractivity contribution in [1.82, 2.24) is 10.4 Å². The van der Waals surface area contributed by atoms with Crippen molar-refractivity contribution in [3.8, 4) is 0 Å². The third-order valence-corrected chi connectivity index (χ3v) is 1.54. The molecule has 0 bridgehead atoms. The van der Waals surface area contributed by atoms with Gasteiger partial charge in [0, 0.05) is 20.5 Å².